The molecular weight excluding hydrogens is 228 g/mol. The van der Waals surface area contributed by atoms with Gasteiger partial charge in [-0.3, -0.25) is 4.79 Å². The van der Waals surface area contributed by atoms with Crippen LogP contribution in [0.3, 0.4) is 0 Å². The van der Waals surface area contributed by atoms with Crippen molar-refractivity contribution in [1.82, 2.24) is 4.90 Å². The monoisotopic (exact) mass is 250 g/mol. The maximum Gasteiger partial charge on any atom is 0.244 e. The van der Waals surface area contributed by atoms with E-state index in [1.165, 1.54) is 12.1 Å². The Morgan fingerprint density at radius 3 is 1.94 bits per heavy atom. The summed E-state index contributed by atoms with van der Waals surface area (Å²) < 4.78 is 0. The average molecular weight is 250 g/mol. The Hall–Kier alpha value is -1.55. The van der Waals surface area contributed by atoms with Crippen LogP contribution in [0.25, 0.3) is 0 Å². The summed E-state index contributed by atoms with van der Waals surface area (Å²) in [6.45, 7) is 7.89. The molecule has 0 saturated heterocycles. The van der Waals surface area contributed by atoms with Gasteiger partial charge >= 0.3 is 0 Å². The van der Waals surface area contributed by atoms with E-state index < -0.39 is 6.04 Å². The highest BCUT2D eigenvalue weighted by Crippen LogP contribution is 2.19. The highest BCUT2D eigenvalue weighted by Gasteiger charge is 2.26. The van der Waals surface area contributed by atoms with E-state index >= 15 is 0 Å². The molecule has 1 amide bonds. The van der Waals surface area contributed by atoms with Crippen LogP contribution in [0.4, 0.5) is 0 Å². The lowest BCUT2D eigenvalue weighted by Crippen LogP contribution is -2.46. The SMILES string of the molecule is CC(C)N(C(=O)[C@H](N)c1ccc(O)cc1)C(C)C. The minimum atomic E-state index is -0.685. The molecule has 0 fully saturated rings. The number of benzene rings is 1. The summed E-state index contributed by atoms with van der Waals surface area (Å²) in [6, 6.07) is 5.97. The molecule has 100 valence electrons. The molecule has 0 unspecified atom stereocenters. The second-order valence-electron chi connectivity index (χ2n) is 5.00. The fourth-order valence-electron chi connectivity index (χ4n) is 2.09. The fraction of sp³-hybridized carbons (Fsp3) is 0.500. The molecule has 1 atom stereocenters. The summed E-state index contributed by atoms with van der Waals surface area (Å²) in [7, 11) is 0. The van der Waals surface area contributed by atoms with Gasteiger partial charge in [0.15, 0.2) is 0 Å². The third-order valence-electron chi connectivity index (χ3n) is 2.89. The van der Waals surface area contributed by atoms with E-state index in [1.807, 2.05) is 27.7 Å². The molecule has 0 aliphatic carbocycles. The van der Waals surface area contributed by atoms with Crippen molar-refractivity contribution in [2.24, 2.45) is 5.73 Å². The third-order valence-corrected chi connectivity index (χ3v) is 2.89. The number of nitrogens with zero attached hydrogens (tertiary/aromatic N) is 1. The summed E-state index contributed by atoms with van der Waals surface area (Å²) in [5, 5.41) is 9.23. The normalized spacial score (nSPS) is 12.8. The summed E-state index contributed by atoms with van der Waals surface area (Å²) in [5.41, 5.74) is 6.70. The molecule has 0 radical (unpaired) electrons. The molecule has 1 aromatic carbocycles. The largest absolute Gasteiger partial charge is 0.508 e. The topological polar surface area (TPSA) is 66.6 Å². The summed E-state index contributed by atoms with van der Waals surface area (Å²) >= 11 is 0. The minimum Gasteiger partial charge on any atom is -0.508 e. The first kappa shape index (κ1) is 14.5. The number of phenolic OH excluding ortho intramolecular Hbond substituents is 1. The Balaban J connectivity index is 2.91. The highest BCUT2D eigenvalue weighted by atomic mass is 16.3. The lowest BCUT2D eigenvalue weighted by molar-refractivity contribution is -0.136. The zero-order valence-corrected chi connectivity index (χ0v) is 11.4. The molecule has 0 aliphatic heterocycles. The lowest BCUT2D eigenvalue weighted by Gasteiger charge is -2.33. The van der Waals surface area contributed by atoms with Crippen molar-refractivity contribution < 1.29 is 9.90 Å². The summed E-state index contributed by atoms with van der Waals surface area (Å²) in [6.07, 6.45) is 0. The Kier molecular flexibility index (Phi) is 4.73. The van der Waals surface area contributed by atoms with Gasteiger partial charge in [0.05, 0.1) is 0 Å². The van der Waals surface area contributed by atoms with Crippen molar-refractivity contribution >= 4 is 5.91 Å². The zero-order chi connectivity index (χ0) is 13.9. The summed E-state index contributed by atoms with van der Waals surface area (Å²) in [5.74, 6) is 0.0775. The molecule has 4 heteroatoms. The van der Waals surface area contributed by atoms with Gasteiger partial charge < -0.3 is 15.7 Å². The molecule has 4 nitrogen and oxygen atoms in total. The van der Waals surface area contributed by atoms with Crippen LogP contribution >= 0.6 is 0 Å². The van der Waals surface area contributed by atoms with Crippen LogP contribution in [0.2, 0.25) is 0 Å². The van der Waals surface area contributed by atoms with Crippen LogP contribution in [0.15, 0.2) is 24.3 Å². The van der Waals surface area contributed by atoms with Gasteiger partial charge in [0.1, 0.15) is 11.8 Å². The van der Waals surface area contributed by atoms with Crippen molar-refractivity contribution in [2.45, 2.75) is 45.8 Å². The molecule has 3 N–H and O–H groups in total. The van der Waals surface area contributed by atoms with Crippen LogP contribution in [0.1, 0.15) is 39.3 Å². The number of amides is 1. The van der Waals surface area contributed by atoms with Crippen LogP contribution in [-0.2, 0) is 4.79 Å². The second kappa shape index (κ2) is 5.87. The Labute approximate surface area is 108 Å². The molecule has 1 aromatic rings. The Morgan fingerprint density at radius 1 is 1.11 bits per heavy atom. The van der Waals surface area contributed by atoms with Crippen LogP contribution in [-0.4, -0.2) is 28.0 Å². The predicted molar refractivity (Wildman–Crippen MR) is 72.2 cm³/mol. The minimum absolute atomic E-state index is 0.0920. The van der Waals surface area contributed by atoms with E-state index in [0.717, 1.165) is 0 Å². The van der Waals surface area contributed by atoms with Gasteiger partial charge in [-0.25, -0.2) is 0 Å². The second-order valence-corrected chi connectivity index (χ2v) is 5.00. The molecule has 0 saturated carbocycles. The first-order valence-corrected chi connectivity index (χ1v) is 6.21. The summed E-state index contributed by atoms with van der Waals surface area (Å²) in [4.78, 5) is 14.1. The van der Waals surface area contributed by atoms with Gasteiger partial charge in [-0.1, -0.05) is 12.1 Å². The number of phenols is 1. The lowest BCUT2D eigenvalue weighted by atomic mass is 10.0. The quantitative estimate of drug-likeness (QED) is 0.859. The van der Waals surface area contributed by atoms with Gasteiger partial charge in [0, 0.05) is 12.1 Å². The van der Waals surface area contributed by atoms with E-state index in [9.17, 15) is 9.90 Å². The molecule has 0 aromatic heterocycles. The first-order valence-electron chi connectivity index (χ1n) is 6.21. The van der Waals surface area contributed by atoms with Crippen LogP contribution < -0.4 is 5.73 Å². The molecule has 0 aliphatic rings. The van der Waals surface area contributed by atoms with Crippen molar-refractivity contribution in [3.05, 3.63) is 29.8 Å². The van der Waals surface area contributed by atoms with Gasteiger partial charge in [-0.2, -0.15) is 0 Å². The van der Waals surface area contributed by atoms with E-state index in [-0.39, 0.29) is 23.7 Å². The van der Waals surface area contributed by atoms with E-state index in [0.29, 0.717) is 5.56 Å². The fourth-order valence-corrected chi connectivity index (χ4v) is 2.09. The maximum atomic E-state index is 12.3. The number of hydrogen-bond donors (Lipinski definition) is 2. The molecule has 0 bridgehead atoms. The number of nitrogens with two attached hydrogens (primary N) is 1. The van der Waals surface area contributed by atoms with Gasteiger partial charge in [-0.05, 0) is 45.4 Å². The predicted octanol–water partition coefficient (Wildman–Crippen LogP) is 2.04. The van der Waals surface area contributed by atoms with Crippen molar-refractivity contribution in [3.63, 3.8) is 0 Å². The van der Waals surface area contributed by atoms with Crippen LogP contribution in [0.5, 0.6) is 5.75 Å². The first-order chi connectivity index (χ1) is 8.34. The smallest absolute Gasteiger partial charge is 0.244 e. The van der Waals surface area contributed by atoms with E-state index in [4.69, 9.17) is 5.73 Å². The number of hydrogen-bond acceptors (Lipinski definition) is 3. The Bertz CT molecular complexity index is 391. The van der Waals surface area contributed by atoms with Gasteiger partial charge in [0.2, 0.25) is 5.91 Å². The number of carbonyl (C=O) groups excluding carboxylic acids is 1. The molecular formula is C14H22N2O2. The standard InChI is InChI=1S/C14H22N2O2/c1-9(2)16(10(3)4)14(18)13(15)11-5-7-12(17)8-6-11/h5-10,13,17H,15H2,1-4H3/t13-/m1/s1. The molecule has 1 rings (SSSR count). The molecule has 0 spiro atoms. The van der Waals surface area contributed by atoms with Gasteiger partial charge in [-0.15, -0.1) is 0 Å². The molecule has 0 heterocycles. The number of aromatic hydroxyl groups is 1. The Morgan fingerprint density at radius 2 is 1.56 bits per heavy atom. The van der Waals surface area contributed by atoms with E-state index in [1.54, 1.807) is 17.0 Å². The highest BCUT2D eigenvalue weighted by molar-refractivity contribution is 5.83. The zero-order valence-electron chi connectivity index (χ0n) is 11.4. The maximum absolute atomic E-state index is 12.3. The third kappa shape index (κ3) is 3.23. The number of carbonyl (C=O) groups is 1. The van der Waals surface area contributed by atoms with Crippen LogP contribution in [0, 0.1) is 0 Å². The molecule has 18 heavy (non-hydrogen) atoms. The van der Waals surface area contributed by atoms with E-state index in [2.05, 4.69) is 0 Å². The van der Waals surface area contributed by atoms with Crippen molar-refractivity contribution in [1.29, 1.82) is 0 Å². The van der Waals surface area contributed by atoms with Crippen molar-refractivity contribution in [3.8, 4) is 5.75 Å². The van der Waals surface area contributed by atoms with Crippen molar-refractivity contribution in [2.75, 3.05) is 0 Å². The average Bonchev–Trinajstić information content (AvgIpc) is 2.28. The van der Waals surface area contributed by atoms with Gasteiger partial charge in [0.25, 0.3) is 0 Å². The number of rotatable bonds is 4.